The molecule has 2 aromatic rings. The molecular weight excluding hydrogens is 491 g/mol. The molecule has 0 radical (unpaired) electrons. The van der Waals surface area contributed by atoms with Crippen LogP contribution in [-0.2, 0) is 16.0 Å². The van der Waals surface area contributed by atoms with Crippen molar-refractivity contribution < 1.29 is 38.4 Å². The van der Waals surface area contributed by atoms with Gasteiger partial charge in [0.25, 0.3) is 5.91 Å². The summed E-state index contributed by atoms with van der Waals surface area (Å²) >= 11 is 1.51. The molecule has 6 nitrogen and oxygen atoms in total. The zero-order valence-corrected chi connectivity index (χ0v) is 25.0. The molecule has 0 aliphatic heterocycles. The van der Waals surface area contributed by atoms with Crippen LogP contribution < -0.4 is 34.6 Å². The Morgan fingerprint density at radius 2 is 1.66 bits per heavy atom. The van der Waals surface area contributed by atoms with Crippen LogP contribution in [0.4, 0.5) is 0 Å². The first kappa shape index (κ1) is 33.8. The smallest absolute Gasteiger partial charge is 0.548 e. The quantitative estimate of drug-likeness (QED) is 0.404. The molecule has 0 fully saturated rings. The van der Waals surface area contributed by atoms with E-state index in [0.717, 1.165) is 23.1 Å². The zero-order chi connectivity index (χ0) is 27.8. The van der Waals surface area contributed by atoms with E-state index in [1.807, 2.05) is 63.4 Å². The van der Waals surface area contributed by atoms with Crippen molar-refractivity contribution in [3.8, 4) is 11.1 Å². The van der Waals surface area contributed by atoms with Crippen molar-refractivity contribution in [1.29, 1.82) is 0 Å². The van der Waals surface area contributed by atoms with Gasteiger partial charge < -0.3 is 20.5 Å². The third-order valence-electron chi connectivity index (χ3n) is 6.06. The molecule has 0 heterocycles. The Morgan fingerprint density at radius 3 is 2.24 bits per heavy atom. The van der Waals surface area contributed by atoms with Crippen LogP contribution in [0.25, 0.3) is 11.1 Å². The van der Waals surface area contributed by atoms with E-state index < -0.39 is 17.9 Å². The van der Waals surface area contributed by atoms with Crippen molar-refractivity contribution in [2.45, 2.75) is 78.8 Å². The van der Waals surface area contributed by atoms with Crippen LogP contribution in [-0.4, -0.2) is 41.4 Å². The molecule has 38 heavy (non-hydrogen) atoms. The molecule has 0 aliphatic rings. The Morgan fingerprint density at radius 1 is 1.00 bits per heavy atom. The third kappa shape index (κ3) is 10.9. The zero-order valence-electron chi connectivity index (χ0n) is 24.2. The van der Waals surface area contributed by atoms with Crippen molar-refractivity contribution >= 4 is 29.5 Å². The van der Waals surface area contributed by atoms with Gasteiger partial charge in [-0.25, -0.2) is 0 Å². The van der Waals surface area contributed by atoms with Crippen LogP contribution in [0.5, 0.6) is 0 Å². The number of aliphatic carboxylic acids is 1. The van der Waals surface area contributed by atoms with Crippen molar-refractivity contribution in [2.24, 2.45) is 5.41 Å². The van der Waals surface area contributed by atoms with E-state index in [1.165, 1.54) is 11.8 Å². The molecule has 2 N–H and O–H groups in total. The number of thioether (sulfide) groups is 1. The fourth-order valence-corrected chi connectivity index (χ4v) is 5.30. The summed E-state index contributed by atoms with van der Waals surface area (Å²) in [5.74, 6) is -1.17. The van der Waals surface area contributed by atoms with Gasteiger partial charge in [-0.05, 0) is 85.8 Å². The fraction of sp³-hybridized carbons (Fsp3) is 0.500. The van der Waals surface area contributed by atoms with E-state index in [4.69, 9.17) is 0 Å². The van der Waals surface area contributed by atoms with Crippen LogP contribution >= 0.6 is 11.8 Å². The summed E-state index contributed by atoms with van der Waals surface area (Å²) in [5, 5.41) is 17.4. The Labute approximate surface area is 244 Å². The molecule has 2 amide bonds. The van der Waals surface area contributed by atoms with Gasteiger partial charge in [-0.3, -0.25) is 9.59 Å². The number of carboxylic acids is 1. The van der Waals surface area contributed by atoms with Gasteiger partial charge in [0.1, 0.15) is 0 Å². The third-order valence-corrected chi connectivity index (χ3v) is 6.70. The normalized spacial score (nSPS) is 12.3. The Balaban J connectivity index is 0.00000722. The number of rotatable bonds is 12. The number of aryl methyl sites for hydroxylation is 2. The van der Waals surface area contributed by atoms with Gasteiger partial charge in [-0.1, -0.05) is 57.2 Å². The molecule has 1 atom stereocenters. The minimum atomic E-state index is -1.29. The average Bonchev–Trinajstić information content (AvgIpc) is 2.78. The predicted octanol–water partition coefficient (Wildman–Crippen LogP) is 1.53. The molecule has 2 aromatic carbocycles. The van der Waals surface area contributed by atoms with E-state index in [0.29, 0.717) is 29.7 Å². The maximum Gasteiger partial charge on any atom is 1.00 e. The molecule has 0 saturated heterocycles. The van der Waals surface area contributed by atoms with Crippen molar-refractivity contribution in [2.75, 3.05) is 12.0 Å². The molecule has 0 spiro atoms. The maximum absolute atomic E-state index is 13.2. The van der Waals surface area contributed by atoms with Gasteiger partial charge in [0.05, 0.1) is 12.0 Å². The summed E-state index contributed by atoms with van der Waals surface area (Å²) in [5.41, 5.74) is 3.70. The molecule has 0 aromatic heterocycles. The van der Waals surface area contributed by atoms with Crippen LogP contribution in [0.15, 0.2) is 42.5 Å². The number of hydrogen-bond acceptors (Lipinski definition) is 5. The van der Waals surface area contributed by atoms with Gasteiger partial charge in [-0.15, -0.1) is 0 Å². The topological polar surface area (TPSA) is 98.3 Å². The second kappa shape index (κ2) is 14.8. The number of benzene rings is 2. The number of amides is 2. The molecule has 8 heteroatoms. The van der Waals surface area contributed by atoms with Gasteiger partial charge in [0.15, 0.2) is 0 Å². The number of hydrogen-bond donors (Lipinski definition) is 2. The van der Waals surface area contributed by atoms with Crippen LogP contribution in [0.3, 0.4) is 0 Å². The van der Waals surface area contributed by atoms with Crippen molar-refractivity contribution in [3.63, 3.8) is 0 Å². The summed E-state index contributed by atoms with van der Waals surface area (Å²) in [4.78, 5) is 37.5. The molecule has 0 saturated carbocycles. The van der Waals surface area contributed by atoms with Gasteiger partial charge >= 0.3 is 18.9 Å². The molecule has 0 unspecified atom stereocenters. The van der Waals surface area contributed by atoms with Crippen LogP contribution in [0.2, 0.25) is 0 Å². The first-order chi connectivity index (χ1) is 17.2. The number of nitrogens with one attached hydrogen (secondary N) is 2. The monoisotopic (exact) mass is 532 g/mol. The average molecular weight is 533 g/mol. The molecule has 2 rings (SSSR count). The van der Waals surface area contributed by atoms with Crippen molar-refractivity contribution in [3.05, 3.63) is 59.2 Å². The minimum absolute atomic E-state index is 0. The number of carboxylic acid groups (broad SMARTS) is 1. The Kier molecular flexibility index (Phi) is 13.2. The van der Waals surface area contributed by atoms with Gasteiger partial charge in [0, 0.05) is 17.5 Å². The second-order valence-corrected chi connectivity index (χ2v) is 12.5. The first-order valence-corrected chi connectivity index (χ1v) is 14.1. The standard InChI is InChI=1S/C30H42N2O4S.Li/c1-20-10-8-9-11-22(20)24-18-21(13-15-26(33)32-30(5,6)19-29(2,3)4)12-14-23(24)27(34)31-25(28(35)36)16-17-37-7;/h8-12,14,18,25H,13,15-17,19H2,1-7H3,(H,31,34)(H,32,33)(H,35,36);/q;+1/p-1/t25-;/m0./s1. The largest absolute Gasteiger partial charge is 1.00 e. The van der Waals surface area contributed by atoms with Crippen LogP contribution in [0, 0.1) is 12.3 Å². The molecule has 0 bridgehead atoms. The van der Waals surface area contributed by atoms with Crippen molar-refractivity contribution in [1.82, 2.24) is 10.6 Å². The maximum atomic E-state index is 13.2. The summed E-state index contributed by atoms with van der Waals surface area (Å²) in [6, 6.07) is 12.2. The Bertz CT molecular complexity index is 1110. The van der Waals surface area contributed by atoms with E-state index in [9.17, 15) is 19.5 Å². The predicted molar refractivity (Wildman–Crippen MR) is 150 cm³/mol. The van der Waals surface area contributed by atoms with E-state index >= 15 is 0 Å². The minimum Gasteiger partial charge on any atom is -0.548 e. The number of carbonyl (C=O) groups is 3. The second-order valence-electron chi connectivity index (χ2n) is 11.5. The van der Waals surface area contributed by atoms with Gasteiger partial charge in [0.2, 0.25) is 5.91 Å². The summed E-state index contributed by atoms with van der Waals surface area (Å²) < 4.78 is 0. The van der Waals surface area contributed by atoms with E-state index in [1.54, 1.807) is 6.07 Å². The van der Waals surface area contributed by atoms with Gasteiger partial charge in [-0.2, -0.15) is 11.8 Å². The van der Waals surface area contributed by atoms with E-state index in [2.05, 4.69) is 31.4 Å². The Hall–Kier alpha value is -2.20. The summed E-state index contributed by atoms with van der Waals surface area (Å²) in [6.07, 6.45) is 3.88. The molecule has 0 aliphatic carbocycles. The first-order valence-electron chi connectivity index (χ1n) is 12.7. The fourth-order valence-electron chi connectivity index (χ4n) is 4.83. The summed E-state index contributed by atoms with van der Waals surface area (Å²) in [6.45, 7) is 12.5. The van der Waals surface area contributed by atoms with Crippen LogP contribution in [0.1, 0.15) is 75.4 Å². The molecule has 202 valence electrons. The number of carbonyl (C=O) groups excluding carboxylic acids is 3. The molecular formula is C30H41LiN2O4S. The SMILES string of the molecule is CSCC[C@H](NC(=O)c1ccc(CCC(=O)NC(C)(C)CC(C)(C)C)cc1-c1ccccc1C)C(=O)[O-].[Li+]. The summed E-state index contributed by atoms with van der Waals surface area (Å²) in [7, 11) is 0. The van der Waals surface area contributed by atoms with E-state index in [-0.39, 0.29) is 42.1 Å².